The van der Waals surface area contributed by atoms with Crippen LogP contribution in [0.4, 0.5) is 11.4 Å². The van der Waals surface area contributed by atoms with Gasteiger partial charge in [-0.05, 0) is 12.5 Å². The molecular weight excluding hydrogens is 202 g/mol. The summed E-state index contributed by atoms with van der Waals surface area (Å²) in [6, 6.07) is 3.66. The van der Waals surface area contributed by atoms with Crippen molar-refractivity contribution in [3.63, 3.8) is 0 Å². The highest BCUT2D eigenvalue weighted by Crippen LogP contribution is 2.29. The van der Waals surface area contributed by atoms with E-state index in [1.165, 1.54) is 6.92 Å². The molecule has 0 spiro atoms. The zero-order valence-electron chi connectivity index (χ0n) is 7.63. The van der Waals surface area contributed by atoms with E-state index in [0.717, 1.165) is 12.1 Å². The maximum Gasteiger partial charge on any atom is 0.347 e. The van der Waals surface area contributed by atoms with Gasteiger partial charge in [-0.3, -0.25) is 20.2 Å². The lowest BCUT2D eigenvalue weighted by atomic mass is 10.1. The first-order valence-electron chi connectivity index (χ1n) is 3.81. The van der Waals surface area contributed by atoms with Gasteiger partial charge in [0.25, 0.3) is 0 Å². The molecule has 7 nitrogen and oxygen atoms in total. The third-order valence-corrected chi connectivity index (χ3v) is 1.84. The summed E-state index contributed by atoms with van der Waals surface area (Å²) >= 11 is 0. The Kier molecular flexibility index (Phi) is 2.62. The Morgan fingerprint density at radius 2 is 1.67 bits per heavy atom. The van der Waals surface area contributed by atoms with E-state index in [2.05, 4.69) is 0 Å². The summed E-state index contributed by atoms with van der Waals surface area (Å²) in [5, 5.41) is 29.6. The summed E-state index contributed by atoms with van der Waals surface area (Å²) in [4.78, 5) is 19.3. The minimum absolute atomic E-state index is 0.0623. The number of nitrogens with zero attached hydrogens (tertiary/aromatic N) is 3. The smallest absolute Gasteiger partial charge is 0.258 e. The molecule has 15 heavy (non-hydrogen) atoms. The van der Waals surface area contributed by atoms with Crippen molar-refractivity contribution in [3.05, 3.63) is 43.5 Å². The Balaban J connectivity index is 3.54. The van der Waals surface area contributed by atoms with E-state index in [9.17, 15) is 20.2 Å². The molecule has 0 aliphatic carbocycles. The molecule has 0 radical (unpaired) electrons. The van der Waals surface area contributed by atoms with Gasteiger partial charge in [-0.25, -0.2) is 0 Å². The summed E-state index contributed by atoms with van der Waals surface area (Å²) in [5.41, 5.74) is -0.860. The van der Waals surface area contributed by atoms with Crippen LogP contribution in [-0.2, 0) is 0 Å². The van der Waals surface area contributed by atoms with E-state index in [1.807, 2.05) is 0 Å². The van der Waals surface area contributed by atoms with E-state index in [1.54, 1.807) is 6.07 Å². The van der Waals surface area contributed by atoms with Crippen LogP contribution in [-0.4, -0.2) is 9.85 Å². The van der Waals surface area contributed by atoms with E-state index in [0.29, 0.717) is 5.56 Å². The van der Waals surface area contributed by atoms with E-state index in [-0.39, 0.29) is 5.56 Å². The van der Waals surface area contributed by atoms with Crippen molar-refractivity contribution in [2.75, 3.05) is 0 Å². The van der Waals surface area contributed by atoms with Crippen LogP contribution in [0.1, 0.15) is 11.1 Å². The second kappa shape index (κ2) is 3.71. The molecule has 1 aromatic rings. The predicted molar refractivity (Wildman–Crippen MR) is 49.2 cm³/mol. The topological polar surface area (TPSA) is 110 Å². The molecule has 1 rings (SSSR count). The average molecular weight is 207 g/mol. The summed E-state index contributed by atoms with van der Waals surface area (Å²) < 4.78 is 0. The number of hydrogen-bond acceptors (Lipinski definition) is 5. The van der Waals surface area contributed by atoms with Crippen molar-refractivity contribution in [2.45, 2.75) is 6.92 Å². The molecule has 0 atom stereocenters. The summed E-state index contributed by atoms with van der Waals surface area (Å²) in [5.74, 6) is 0. The molecule has 0 saturated heterocycles. The monoisotopic (exact) mass is 207 g/mol. The van der Waals surface area contributed by atoms with E-state index < -0.39 is 21.2 Å². The summed E-state index contributed by atoms with van der Waals surface area (Å²) in [6.07, 6.45) is 0. The van der Waals surface area contributed by atoms with Crippen molar-refractivity contribution in [1.29, 1.82) is 5.26 Å². The molecule has 0 heterocycles. The van der Waals surface area contributed by atoms with Crippen molar-refractivity contribution >= 4 is 11.4 Å². The average Bonchev–Trinajstić information content (AvgIpc) is 2.16. The van der Waals surface area contributed by atoms with Gasteiger partial charge in [-0.1, -0.05) is 0 Å². The van der Waals surface area contributed by atoms with Crippen LogP contribution in [0.2, 0.25) is 0 Å². The number of hydrogen-bond donors (Lipinski definition) is 0. The Hall–Kier alpha value is -2.49. The molecule has 7 heteroatoms. The summed E-state index contributed by atoms with van der Waals surface area (Å²) in [6.45, 7) is 1.48. The van der Waals surface area contributed by atoms with Crippen molar-refractivity contribution in [3.8, 4) is 6.07 Å². The molecule has 0 fully saturated rings. The zero-order valence-corrected chi connectivity index (χ0v) is 7.63. The first-order valence-corrected chi connectivity index (χ1v) is 3.81. The molecule has 0 N–H and O–H groups in total. The molecule has 0 bridgehead atoms. The Morgan fingerprint density at radius 3 is 2.07 bits per heavy atom. The van der Waals surface area contributed by atoms with Gasteiger partial charge in [0.05, 0.1) is 21.5 Å². The molecule has 0 amide bonds. The SMILES string of the molecule is Cc1cc([N+](=O)[O-])c([N+](=O)[O-])cc1C#N. The molecule has 0 aliphatic heterocycles. The lowest BCUT2D eigenvalue weighted by Crippen LogP contribution is -1.98. The zero-order chi connectivity index (χ0) is 11.6. The number of nitro groups is 2. The Labute approximate surface area is 83.9 Å². The Bertz CT molecular complexity index is 489. The fourth-order valence-corrected chi connectivity index (χ4v) is 1.09. The van der Waals surface area contributed by atoms with Crippen LogP contribution in [0.3, 0.4) is 0 Å². The maximum atomic E-state index is 10.5. The fraction of sp³-hybridized carbons (Fsp3) is 0.125. The third kappa shape index (κ3) is 1.88. The molecule has 0 aromatic heterocycles. The standard InChI is InChI=1S/C8H5N3O4/c1-5-2-7(10(12)13)8(11(14)15)3-6(5)4-9/h2-3H,1H3. The normalized spacial score (nSPS) is 9.33. The van der Waals surface area contributed by atoms with Crippen molar-refractivity contribution in [2.24, 2.45) is 0 Å². The quantitative estimate of drug-likeness (QED) is 0.541. The van der Waals surface area contributed by atoms with Gasteiger partial charge in [-0.2, -0.15) is 5.26 Å². The Morgan fingerprint density at radius 1 is 1.20 bits per heavy atom. The van der Waals surface area contributed by atoms with Gasteiger partial charge in [0.1, 0.15) is 0 Å². The van der Waals surface area contributed by atoms with E-state index in [4.69, 9.17) is 5.26 Å². The number of aryl methyl sites for hydroxylation is 1. The van der Waals surface area contributed by atoms with Crippen LogP contribution in [0.15, 0.2) is 12.1 Å². The van der Waals surface area contributed by atoms with Gasteiger partial charge in [-0.15, -0.1) is 0 Å². The second-order valence-corrected chi connectivity index (χ2v) is 2.78. The molecule has 0 saturated carbocycles. The lowest BCUT2D eigenvalue weighted by molar-refractivity contribution is -0.422. The molecule has 1 aromatic carbocycles. The first kappa shape index (κ1) is 10.6. The molecule has 76 valence electrons. The van der Waals surface area contributed by atoms with E-state index >= 15 is 0 Å². The summed E-state index contributed by atoms with van der Waals surface area (Å²) in [7, 11) is 0. The second-order valence-electron chi connectivity index (χ2n) is 2.78. The van der Waals surface area contributed by atoms with Crippen LogP contribution >= 0.6 is 0 Å². The van der Waals surface area contributed by atoms with Crippen molar-refractivity contribution in [1.82, 2.24) is 0 Å². The number of rotatable bonds is 2. The molecule has 0 aliphatic rings. The van der Waals surface area contributed by atoms with Gasteiger partial charge in [0.2, 0.25) is 0 Å². The minimum atomic E-state index is -0.877. The van der Waals surface area contributed by atoms with Crippen molar-refractivity contribution < 1.29 is 9.85 Å². The van der Waals surface area contributed by atoms with Crippen LogP contribution < -0.4 is 0 Å². The van der Waals surface area contributed by atoms with Gasteiger partial charge >= 0.3 is 11.4 Å². The molecule has 0 unspecified atom stereocenters. The highest BCUT2D eigenvalue weighted by Gasteiger charge is 2.25. The van der Waals surface area contributed by atoms with Crippen LogP contribution in [0.5, 0.6) is 0 Å². The predicted octanol–water partition coefficient (Wildman–Crippen LogP) is 1.68. The van der Waals surface area contributed by atoms with Gasteiger partial charge in [0, 0.05) is 12.1 Å². The molecular formula is C8H5N3O4. The van der Waals surface area contributed by atoms with Gasteiger partial charge < -0.3 is 0 Å². The highest BCUT2D eigenvalue weighted by atomic mass is 16.6. The lowest BCUT2D eigenvalue weighted by Gasteiger charge is -1.98. The first-order chi connectivity index (χ1) is 6.97. The number of nitro benzene ring substituents is 2. The van der Waals surface area contributed by atoms with Crippen LogP contribution in [0.25, 0.3) is 0 Å². The minimum Gasteiger partial charge on any atom is -0.258 e. The maximum absolute atomic E-state index is 10.5. The largest absolute Gasteiger partial charge is 0.347 e. The number of benzene rings is 1. The highest BCUT2D eigenvalue weighted by molar-refractivity contribution is 5.59. The van der Waals surface area contributed by atoms with Crippen LogP contribution in [0, 0.1) is 38.5 Å². The van der Waals surface area contributed by atoms with Gasteiger partial charge in [0.15, 0.2) is 0 Å². The fourth-order valence-electron chi connectivity index (χ4n) is 1.09. The number of nitriles is 1. The third-order valence-electron chi connectivity index (χ3n) is 1.84.